The Kier molecular flexibility index (Phi) is 2.96. The molecule has 0 aromatic heterocycles. The average Bonchev–Trinajstić information content (AvgIpc) is 2.01. The van der Waals surface area contributed by atoms with Gasteiger partial charge < -0.3 is 9.64 Å². The number of rotatable bonds is 1. The maximum absolute atomic E-state index is 11.4. The molecule has 76 valence electrons. The van der Waals surface area contributed by atoms with Crippen LogP contribution in [0.25, 0.3) is 0 Å². The van der Waals surface area contributed by atoms with Gasteiger partial charge in [-0.05, 0) is 25.4 Å². The van der Waals surface area contributed by atoms with E-state index in [1.807, 2.05) is 0 Å². The molecule has 1 atom stereocenters. The van der Waals surface area contributed by atoms with Crippen molar-refractivity contribution in [2.45, 2.75) is 20.3 Å². The van der Waals surface area contributed by atoms with Crippen molar-refractivity contribution < 1.29 is 9.53 Å². The van der Waals surface area contributed by atoms with Crippen LogP contribution in [-0.4, -0.2) is 38.1 Å². The molecule has 0 aromatic rings. The van der Waals surface area contributed by atoms with Gasteiger partial charge in [-0.3, -0.25) is 4.79 Å². The highest BCUT2D eigenvalue weighted by atomic mass is 16.5. The quantitative estimate of drug-likeness (QED) is 0.574. The topological polar surface area (TPSA) is 29.5 Å². The van der Waals surface area contributed by atoms with E-state index in [1.165, 1.54) is 7.11 Å². The number of methoxy groups -OCH3 is 1. The molecule has 0 spiro atoms. The number of hydrogen-bond donors (Lipinski definition) is 0. The van der Waals surface area contributed by atoms with Crippen molar-refractivity contribution in [1.29, 1.82) is 0 Å². The lowest BCUT2D eigenvalue weighted by atomic mass is 9.74. The lowest BCUT2D eigenvalue weighted by Gasteiger charge is -2.41. The van der Waals surface area contributed by atoms with Crippen LogP contribution >= 0.6 is 0 Å². The predicted octanol–water partition coefficient (Wildman–Crippen LogP) is 1.14. The summed E-state index contributed by atoms with van der Waals surface area (Å²) in [7, 11) is 3.56. The predicted molar refractivity (Wildman–Crippen MR) is 51.4 cm³/mol. The Hall–Kier alpha value is -0.570. The van der Waals surface area contributed by atoms with Gasteiger partial charge in [-0.1, -0.05) is 13.8 Å². The van der Waals surface area contributed by atoms with E-state index in [0.29, 0.717) is 0 Å². The van der Waals surface area contributed by atoms with Crippen LogP contribution in [0.2, 0.25) is 0 Å². The van der Waals surface area contributed by atoms with E-state index in [-0.39, 0.29) is 17.3 Å². The van der Waals surface area contributed by atoms with E-state index in [2.05, 4.69) is 25.8 Å². The Morgan fingerprint density at radius 1 is 1.54 bits per heavy atom. The van der Waals surface area contributed by atoms with Crippen LogP contribution in [0.1, 0.15) is 20.3 Å². The van der Waals surface area contributed by atoms with E-state index in [1.54, 1.807) is 0 Å². The van der Waals surface area contributed by atoms with Crippen LogP contribution in [0.4, 0.5) is 0 Å². The van der Waals surface area contributed by atoms with Crippen LogP contribution in [0.5, 0.6) is 0 Å². The molecular weight excluding hydrogens is 166 g/mol. The molecule has 1 rings (SSSR count). The van der Waals surface area contributed by atoms with Crippen LogP contribution in [0, 0.1) is 11.3 Å². The van der Waals surface area contributed by atoms with Gasteiger partial charge in [0.2, 0.25) is 0 Å². The number of esters is 1. The van der Waals surface area contributed by atoms with Crippen LogP contribution in [0.3, 0.4) is 0 Å². The number of carbonyl (C=O) groups is 1. The maximum atomic E-state index is 11.4. The first-order valence-electron chi connectivity index (χ1n) is 4.74. The van der Waals surface area contributed by atoms with Gasteiger partial charge in [0.1, 0.15) is 0 Å². The van der Waals surface area contributed by atoms with E-state index in [0.717, 1.165) is 19.5 Å². The number of piperidine rings is 1. The molecule has 1 saturated heterocycles. The fraction of sp³-hybridized carbons (Fsp3) is 0.900. The monoisotopic (exact) mass is 185 g/mol. The summed E-state index contributed by atoms with van der Waals surface area (Å²) in [4.78, 5) is 13.7. The van der Waals surface area contributed by atoms with Crippen molar-refractivity contribution in [3.63, 3.8) is 0 Å². The summed E-state index contributed by atoms with van der Waals surface area (Å²) in [6, 6.07) is 0. The van der Waals surface area contributed by atoms with Crippen LogP contribution < -0.4 is 0 Å². The van der Waals surface area contributed by atoms with Gasteiger partial charge in [0.15, 0.2) is 0 Å². The Balaban J connectivity index is 2.69. The number of nitrogens with zero attached hydrogens (tertiary/aromatic N) is 1. The smallest absolute Gasteiger partial charge is 0.309 e. The van der Waals surface area contributed by atoms with Crippen molar-refractivity contribution in [3.8, 4) is 0 Å². The first kappa shape index (κ1) is 10.5. The number of hydrogen-bond acceptors (Lipinski definition) is 3. The molecule has 0 aromatic carbocycles. The molecule has 1 aliphatic heterocycles. The minimum absolute atomic E-state index is 0.0418. The second kappa shape index (κ2) is 3.66. The molecule has 0 aliphatic carbocycles. The van der Waals surface area contributed by atoms with Crippen LogP contribution in [-0.2, 0) is 9.53 Å². The minimum atomic E-state index is -0.0573. The van der Waals surface area contributed by atoms with Crippen molar-refractivity contribution in [3.05, 3.63) is 0 Å². The zero-order chi connectivity index (χ0) is 10.1. The Labute approximate surface area is 80.1 Å². The first-order valence-corrected chi connectivity index (χ1v) is 4.74. The molecule has 1 unspecified atom stereocenters. The van der Waals surface area contributed by atoms with Crippen LogP contribution in [0.15, 0.2) is 0 Å². The molecular formula is C10H19NO2. The minimum Gasteiger partial charge on any atom is -0.469 e. The number of carbonyl (C=O) groups excluding carboxylic acids is 1. The average molecular weight is 185 g/mol. The molecule has 1 heterocycles. The van der Waals surface area contributed by atoms with E-state index < -0.39 is 0 Å². The summed E-state index contributed by atoms with van der Waals surface area (Å²) in [5.41, 5.74) is 0.0418. The standard InChI is InChI=1S/C10H19NO2/c1-10(2)7-11(3)6-5-8(10)9(12)13-4/h8H,5-7H2,1-4H3. The highest BCUT2D eigenvalue weighted by Gasteiger charge is 2.39. The van der Waals surface area contributed by atoms with Gasteiger partial charge in [0, 0.05) is 6.54 Å². The van der Waals surface area contributed by atoms with E-state index >= 15 is 0 Å². The Morgan fingerprint density at radius 2 is 2.15 bits per heavy atom. The fourth-order valence-electron chi connectivity index (χ4n) is 2.20. The largest absolute Gasteiger partial charge is 0.469 e. The van der Waals surface area contributed by atoms with Gasteiger partial charge in [0.05, 0.1) is 13.0 Å². The SMILES string of the molecule is COC(=O)C1CCN(C)CC1(C)C. The molecule has 13 heavy (non-hydrogen) atoms. The summed E-state index contributed by atoms with van der Waals surface area (Å²) in [6.45, 7) is 6.21. The zero-order valence-electron chi connectivity index (χ0n) is 8.96. The third-order valence-electron chi connectivity index (χ3n) is 2.91. The van der Waals surface area contributed by atoms with Crippen molar-refractivity contribution in [2.24, 2.45) is 11.3 Å². The summed E-state index contributed by atoms with van der Waals surface area (Å²) < 4.78 is 4.80. The normalized spacial score (nSPS) is 28.5. The molecule has 0 bridgehead atoms. The van der Waals surface area contributed by atoms with Gasteiger partial charge in [-0.25, -0.2) is 0 Å². The molecule has 0 N–H and O–H groups in total. The van der Waals surface area contributed by atoms with E-state index in [4.69, 9.17) is 4.74 Å². The van der Waals surface area contributed by atoms with Crippen molar-refractivity contribution in [1.82, 2.24) is 4.90 Å². The second-order valence-corrected chi connectivity index (χ2v) is 4.59. The fourth-order valence-corrected chi connectivity index (χ4v) is 2.20. The van der Waals surface area contributed by atoms with Crippen molar-refractivity contribution in [2.75, 3.05) is 27.2 Å². The summed E-state index contributed by atoms with van der Waals surface area (Å²) >= 11 is 0. The lowest BCUT2D eigenvalue weighted by Crippen LogP contribution is -2.47. The van der Waals surface area contributed by atoms with Gasteiger partial charge in [-0.15, -0.1) is 0 Å². The first-order chi connectivity index (χ1) is 5.97. The maximum Gasteiger partial charge on any atom is 0.309 e. The van der Waals surface area contributed by atoms with Crippen molar-refractivity contribution >= 4 is 5.97 Å². The summed E-state index contributed by atoms with van der Waals surface area (Å²) in [5.74, 6) is 0.00630. The molecule has 3 heteroatoms. The second-order valence-electron chi connectivity index (χ2n) is 4.59. The third-order valence-corrected chi connectivity index (χ3v) is 2.91. The van der Waals surface area contributed by atoms with E-state index in [9.17, 15) is 4.79 Å². The number of likely N-dealkylation sites (tertiary alicyclic amines) is 1. The Bertz CT molecular complexity index is 201. The molecule has 0 amide bonds. The molecule has 3 nitrogen and oxygen atoms in total. The molecule has 1 aliphatic rings. The lowest BCUT2D eigenvalue weighted by molar-refractivity contribution is -0.152. The van der Waals surface area contributed by atoms with Gasteiger partial charge in [-0.2, -0.15) is 0 Å². The molecule has 0 saturated carbocycles. The highest BCUT2D eigenvalue weighted by molar-refractivity contribution is 5.73. The molecule has 0 radical (unpaired) electrons. The highest BCUT2D eigenvalue weighted by Crippen LogP contribution is 2.34. The molecule has 1 fully saturated rings. The summed E-state index contributed by atoms with van der Waals surface area (Å²) in [5, 5.41) is 0. The zero-order valence-corrected chi connectivity index (χ0v) is 8.96. The van der Waals surface area contributed by atoms with Gasteiger partial charge >= 0.3 is 5.97 Å². The van der Waals surface area contributed by atoms with Gasteiger partial charge in [0.25, 0.3) is 0 Å². The number of ether oxygens (including phenoxy) is 1. The summed E-state index contributed by atoms with van der Waals surface area (Å²) in [6.07, 6.45) is 0.913. The third kappa shape index (κ3) is 2.21. The Morgan fingerprint density at radius 3 is 2.62 bits per heavy atom.